The third-order valence-corrected chi connectivity index (χ3v) is 4.36. The van der Waals surface area contributed by atoms with Crippen LogP contribution in [0.3, 0.4) is 0 Å². The maximum atomic E-state index is 10.6. The number of hydrogen-bond acceptors (Lipinski definition) is 3. The van der Waals surface area contributed by atoms with E-state index in [4.69, 9.17) is 11.6 Å². The lowest BCUT2D eigenvalue weighted by molar-refractivity contribution is 0.0621. The summed E-state index contributed by atoms with van der Waals surface area (Å²) in [5, 5.41) is 21.6. The predicted molar refractivity (Wildman–Crippen MR) is 114 cm³/mol. The van der Waals surface area contributed by atoms with Crippen LogP contribution in [-0.2, 0) is 12.1 Å². The molecule has 132 valence electrons. The van der Waals surface area contributed by atoms with Gasteiger partial charge in [0.25, 0.3) is 0 Å². The van der Waals surface area contributed by atoms with Crippen molar-refractivity contribution in [2.75, 3.05) is 13.1 Å². The molecule has 0 saturated heterocycles. The number of aliphatic imine (C=N–C) groups is 1. The van der Waals surface area contributed by atoms with E-state index in [9.17, 15) is 5.11 Å². The topological polar surface area (TPSA) is 56.7 Å². The molecule has 1 aromatic carbocycles. The van der Waals surface area contributed by atoms with Crippen molar-refractivity contribution in [2.24, 2.45) is 4.99 Å². The average Bonchev–Trinajstić information content (AvgIpc) is 3.07. The van der Waals surface area contributed by atoms with E-state index < -0.39 is 5.60 Å². The number of nitrogens with one attached hydrogen (secondary N) is 2. The quantitative estimate of drug-likeness (QED) is 0.334. The van der Waals surface area contributed by atoms with Gasteiger partial charge in [-0.15, -0.1) is 24.0 Å². The standard InChI is InChI=1S/C17H22ClN3OS.HI/c1-3-19-16(20-10-13-4-6-15(18)7-5-13)21-12-17(2,22)14-8-9-23-11-14;/h4-9,11,22H,3,10,12H2,1-2H3,(H2,19,20,21);1H. The first-order chi connectivity index (χ1) is 11.0. The van der Waals surface area contributed by atoms with Gasteiger partial charge < -0.3 is 15.7 Å². The van der Waals surface area contributed by atoms with Crippen LogP contribution in [0.5, 0.6) is 0 Å². The van der Waals surface area contributed by atoms with E-state index >= 15 is 0 Å². The summed E-state index contributed by atoms with van der Waals surface area (Å²) in [4.78, 5) is 4.54. The normalized spacial score (nSPS) is 13.8. The number of guanidine groups is 1. The molecule has 0 radical (unpaired) electrons. The van der Waals surface area contributed by atoms with Gasteiger partial charge in [0.1, 0.15) is 5.60 Å². The summed E-state index contributed by atoms with van der Waals surface area (Å²) < 4.78 is 0. The van der Waals surface area contributed by atoms with E-state index in [-0.39, 0.29) is 24.0 Å². The van der Waals surface area contributed by atoms with Gasteiger partial charge >= 0.3 is 0 Å². The van der Waals surface area contributed by atoms with E-state index in [0.29, 0.717) is 19.0 Å². The number of hydrogen-bond donors (Lipinski definition) is 3. The first-order valence-electron chi connectivity index (χ1n) is 7.53. The zero-order chi connectivity index (χ0) is 16.7. The van der Waals surface area contributed by atoms with Gasteiger partial charge in [0.2, 0.25) is 0 Å². The molecule has 24 heavy (non-hydrogen) atoms. The molecule has 4 nitrogen and oxygen atoms in total. The van der Waals surface area contributed by atoms with Gasteiger partial charge in [-0.2, -0.15) is 11.3 Å². The van der Waals surface area contributed by atoms with Crippen molar-refractivity contribution in [3.63, 3.8) is 0 Å². The van der Waals surface area contributed by atoms with Gasteiger partial charge in [0.05, 0.1) is 13.1 Å². The lowest BCUT2D eigenvalue weighted by Gasteiger charge is -2.24. The summed E-state index contributed by atoms with van der Waals surface area (Å²) in [6.07, 6.45) is 0. The molecule has 0 saturated carbocycles. The van der Waals surface area contributed by atoms with Crippen molar-refractivity contribution >= 4 is 52.9 Å². The Bertz CT molecular complexity index is 630. The van der Waals surface area contributed by atoms with Gasteiger partial charge in [-0.25, -0.2) is 4.99 Å². The van der Waals surface area contributed by atoms with Crippen molar-refractivity contribution in [1.82, 2.24) is 10.6 Å². The molecule has 0 amide bonds. The fourth-order valence-corrected chi connectivity index (χ4v) is 2.94. The Hall–Kier alpha value is -0.830. The number of thiophene rings is 1. The molecular formula is C17H23ClIN3OS. The molecule has 0 aliphatic rings. The van der Waals surface area contributed by atoms with Crippen LogP contribution in [0.25, 0.3) is 0 Å². The molecule has 7 heteroatoms. The third-order valence-electron chi connectivity index (χ3n) is 3.42. The SMILES string of the molecule is CCNC(=NCc1ccc(Cl)cc1)NCC(C)(O)c1ccsc1.I. The molecule has 3 N–H and O–H groups in total. The monoisotopic (exact) mass is 479 g/mol. The van der Waals surface area contributed by atoms with Crippen molar-refractivity contribution in [2.45, 2.75) is 26.0 Å². The fraction of sp³-hybridized carbons (Fsp3) is 0.353. The number of aliphatic hydroxyl groups is 1. The van der Waals surface area contributed by atoms with Crippen molar-refractivity contribution in [1.29, 1.82) is 0 Å². The first kappa shape index (κ1) is 21.2. The van der Waals surface area contributed by atoms with Crippen LogP contribution in [0.4, 0.5) is 0 Å². The van der Waals surface area contributed by atoms with Crippen LogP contribution < -0.4 is 10.6 Å². The lowest BCUT2D eigenvalue weighted by Crippen LogP contribution is -2.44. The fourth-order valence-electron chi connectivity index (χ4n) is 2.03. The highest BCUT2D eigenvalue weighted by Gasteiger charge is 2.23. The molecule has 2 rings (SSSR count). The van der Waals surface area contributed by atoms with Crippen LogP contribution >= 0.6 is 46.9 Å². The Morgan fingerprint density at radius 2 is 1.96 bits per heavy atom. The predicted octanol–water partition coefficient (Wildman–Crippen LogP) is 3.98. The molecule has 2 aromatic rings. The van der Waals surface area contributed by atoms with Gasteiger partial charge in [-0.3, -0.25) is 0 Å². The molecule has 1 aromatic heterocycles. The Morgan fingerprint density at radius 1 is 1.25 bits per heavy atom. The summed E-state index contributed by atoms with van der Waals surface area (Å²) in [5.74, 6) is 0.679. The van der Waals surface area contributed by atoms with Crippen LogP contribution in [-0.4, -0.2) is 24.2 Å². The highest BCUT2D eigenvalue weighted by Crippen LogP contribution is 2.21. The highest BCUT2D eigenvalue weighted by molar-refractivity contribution is 14.0. The maximum absolute atomic E-state index is 10.6. The Kier molecular flexibility index (Phi) is 9.04. The van der Waals surface area contributed by atoms with E-state index in [1.807, 2.05) is 48.0 Å². The minimum absolute atomic E-state index is 0. The first-order valence-corrected chi connectivity index (χ1v) is 8.85. The molecule has 0 bridgehead atoms. The second kappa shape index (κ2) is 10.2. The van der Waals surface area contributed by atoms with Crippen LogP contribution in [0.15, 0.2) is 46.1 Å². The van der Waals surface area contributed by atoms with Crippen molar-refractivity contribution in [3.05, 3.63) is 57.2 Å². The minimum Gasteiger partial charge on any atom is -0.384 e. The number of benzene rings is 1. The van der Waals surface area contributed by atoms with E-state index in [1.54, 1.807) is 18.3 Å². The van der Waals surface area contributed by atoms with Gasteiger partial charge in [-0.05, 0) is 53.9 Å². The Balaban J connectivity index is 0.00000288. The summed E-state index contributed by atoms with van der Waals surface area (Å²) in [6, 6.07) is 9.56. The molecule has 0 aliphatic carbocycles. The minimum atomic E-state index is -0.934. The van der Waals surface area contributed by atoms with E-state index in [1.165, 1.54) is 0 Å². The lowest BCUT2D eigenvalue weighted by atomic mass is 9.99. The summed E-state index contributed by atoms with van der Waals surface area (Å²) in [5.41, 5.74) is 1.05. The largest absolute Gasteiger partial charge is 0.384 e. The molecular weight excluding hydrogens is 457 g/mol. The van der Waals surface area contributed by atoms with E-state index in [2.05, 4.69) is 15.6 Å². The molecule has 1 unspecified atom stereocenters. The molecule has 0 spiro atoms. The van der Waals surface area contributed by atoms with Crippen LogP contribution in [0.1, 0.15) is 25.0 Å². The molecule has 0 fully saturated rings. The second-order valence-corrected chi connectivity index (χ2v) is 6.68. The van der Waals surface area contributed by atoms with E-state index in [0.717, 1.165) is 22.7 Å². The summed E-state index contributed by atoms with van der Waals surface area (Å²) in [6.45, 7) is 5.50. The van der Waals surface area contributed by atoms with Crippen LogP contribution in [0.2, 0.25) is 5.02 Å². The maximum Gasteiger partial charge on any atom is 0.191 e. The van der Waals surface area contributed by atoms with Crippen molar-refractivity contribution < 1.29 is 5.11 Å². The molecule has 1 heterocycles. The number of nitrogens with zero attached hydrogens (tertiary/aromatic N) is 1. The van der Waals surface area contributed by atoms with Gasteiger partial charge in [0, 0.05) is 11.6 Å². The average molecular weight is 480 g/mol. The summed E-state index contributed by atoms with van der Waals surface area (Å²) in [7, 11) is 0. The van der Waals surface area contributed by atoms with Gasteiger partial charge in [-0.1, -0.05) is 23.7 Å². The Labute approximate surface area is 169 Å². The van der Waals surface area contributed by atoms with Gasteiger partial charge in [0.15, 0.2) is 5.96 Å². The molecule has 0 aliphatic heterocycles. The zero-order valence-corrected chi connectivity index (χ0v) is 17.7. The smallest absolute Gasteiger partial charge is 0.191 e. The van der Waals surface area contributed by atoms with Crippen LogP contribution in [0, 0.1) is 0 Å². The number of rotatable bonds is 6. The number of halogens is 2. The summed E-state index contributed by atoms with van der Waals surface area (Å²) >= 11 is 7.46. The zero-order valence-electron chi connectivity index (χ0n) is 13.8. The van der Waals surface area contributed by atoms with Crippen molar-refractivity contribution in [3.8, 4) is 0 Å². The Morgan fingerprint density at radius 3 is 2.54 bits per heavy atom. The third kappa shape index (κ3) is 6.58. The second-order valence-electron chi connectivity index (χ2n) is 5.46. The highest BCUT2D eigenvalue weighted by atomic mass is 127. The molecule has 1 atom stereocenters.